The van der Waals surface area contributed by atoms with E-state index in [1.807, 2.05) is 0 Å². The number of hydrogen-bond donors (Lipinski definition) is 5. The van der Waals surface area contributed by atoms with Crippen molar-refractivity contribution in [2.75, 3.05) is 26.4 Å². The average Bonchev–Trinajstić information content (AvgIpc) is 3.41. The van der Waals surface area contributed by atoms with Crippen LogP contribution in [0.3, 0.4) is 0 Å². The Morgan fingerprint density at radius 2 is 1.46 bits per heavy atom. The van der Waals surface area contributed by atoms with E-state index in [0.717, 1.165) is 51.4 Å². The highest BCUT2D eigenvalue weighted by Crippen LogP contribution is 2.43. The van der Waals surface area contributed by atoms with Crippen LogP contribution in [0.1, 0.15) is 123 Å². The number of carbonyl (C=O) groups excluding carboxylic acids is 2. The van der Waals surface area contributed by atoms with Crippen molar-refractivity contribution >= 4 is 19.8 Å². The fourth-order valence-corrected chi connectivity index (χ4v) is 6.67. The summed E-state index contributed by atoms with van der Waals surface area (Å²) in [5.74, 6) is -1.82. The summed E-state index contributed by atoms with van der Waals surface area (Å²) in [4.78, 5) is 35.0. The van der Waals surface area contributed by atoms with Crippen LogP contribution in [0.5, 0.6) is 0 Å². The van der Waals surface area contributed by atoms with E-state index in [1.54, 1.807) is 24.3 Å². The molecule has 0 spiro atoms. The van der Waals surface area contributed by atoms with Crippen molar-refractivity contribution in [2.45, 2.75) is 147 Å². The Hall–Kier alpha value is -2.41. The van der Waals surface area contributed by atoms with Gasteiger partial charge in [0.25, 0.3) is 0 Å². The number of ether oxygens (including phenoxy) is 2. The Morgan fingerprint density at radius 3 is 2.13 bits per heavy atom. The monoisotopic (exact) mass is 783 g/mol. The molecule has 0 aliphatic heterocycles. The standard InChI is InChI=1S/C41H70NO11P/c1-3-5-7-8-9-10-11-12-13-14-15-16-17-18-20-25-40(46)50-32-35(33-52-54(48,49)51-30-29-42)53-41(47)26-22-21-24-36-37(39(45)31-38(36)44)28-27-34(43)23-19-6-4-2/h9-10,12-13,15-16,21-22,27-28,34-39,43-45H,3-8,11,14,17-20,23-26,29-33,42H2,1-2H3,(H,48,49)/b10-9-,13-12-,16-15-,22-21-,28-27+/t34-,35-,36+,37-,38+,39-/m1/s1. The van der Waals surface area contributed by atoms with Crippen LogP contribution in [0.25, 0.3) is 0 Å². The maximum Gasteiger partial charge on any atom is 0.472 e. The summed E-state index contributed by atoms with van der Waals surface area (Å²) in [6.07, 6.45) is 29.6. The van der Waals surface area contributed by atoms with Gasteiger partial charge in [-0.1, -0.05) is 107 Å². The molecule has 310 valence electrons. The first-order chi connectivity index (χ1) is 26.0. The van der Waals surface area contributed by atoms with Crippen LogP contribution >= 0.6 is 7.82 Å². The van der Waals surface area contributed by atoms with Gasteiger partial charge in [-0.2, -0.15) is 0 Å². The first-order valence-electron chi connectivity index (χ1n) is 20.0. The molecule has 1 saturated carbocycles. The quantitative estimate of drug-likeness (QED) is 0.0198. The molecule has 0 heterocycles. The normalized spacial score (nSPS) is 21.5. The fraction of sp³-hybridized carbons (Fsp3) is 0.707. The van der Waals surface area contributed by atoms with Gasteiger partial charge in [-0.3, -0.25) is 18.6 Å². The van der Waals surface area contributed by atoms with E-state index >= 15 is 0 Å². The first-order valence-corrected chi connectivity index (χ1v) is 21.5. The van der Waals surface area contributed by atoms with Crippen LogP contribution in [0, 0.1) is 11.8 Å². The van der Waals surface area contributed by atoms with Gasteiger partial charge in [-0.15, -0.1) is 0 Å². The van der Waals surface area contributed by atoms with Crippen LogP contribution in [0.15, 0.2) is 60.8 Å². The third kappa shape index (κ3) is 25.6. The number of phosphoric acid groups is 1. The predicted molar refractivity (Wildman–Crippen MR) is 212 cm³/mol. The van der Waals surface area contributed by atoms with Crippen LogP contribution in [-0.2, 0) is 32.7 Å². The number of rotatable bonds is 32. The lowest BCUT2D eigenvalue weighted by Crippen LogP contribution is -2.29. The number of aliphatic hydroxyl groups is 3. The number of hydrogen-bond acceptors (Lipinski definition) is 11. The molecule has 0 aromatic rings. The molecule has 6 N–H and O–H groups in total. The summed E-state index contributed by atoms with van der Waals surface area (Å²) in [5.41, 5.74) is 5.33. The zero-order valence-electron chi connectivity index (χ0n) is 32.8. The maximum absolute atomic E-state index is 12.7. The lowest BCUT2D eigenvalue weighted by atomic mass is 9.89. The minimum atomic E-state index is -4.48. The third-order valence-corrected chi connectivity index (χ3v) is 9.96. The number of nitrogens with two attached hydrogens (primary N) is 1. The number of unbranched alkanes of at least 4 members (excludes halogenated alkanes) is 7. The molecule has 1 aliphatic rings. The van der Waals surface area contributed by atoms with E-state index in [1.165, 1.54) is 19.3 Å². The highest BCUT2D eigenvalue weighted by Gasteiger charge is 2.39. The molecule has 54 heavy (non-hydrogen) atoms. The zero-order valence-corrected chi connectivity index (χ0v) is 33.7. The Balaban J connectivity index is 2.54. The lowest BCUT2D eigenvalue weighted by molar-refractivity contribution is -0.160. The summed E-state index contributed by atoms with van der Waals surface area (Å²) in [7, 11) is -4.48. The van der Waals surface area contributed by atoms with Gasteiger partial charge in [-0.25, -0.2) is 4.57 Å². The third-order valence-electron chi connectivity index (χ3n) is 8.98. The highest BCUT2D eigenvalue weighted by atomic mass is 31.2. The number of allylic oxidation sites excluding steroid dienone is 7. The highest BCUT2D eigenvalue weighted by molar-refractivity contribution is 7.47. The Morgan fingerprint density at radius 1 is 0.815 bits per heavy atom. The smallest absolute Gasteiger partial charge is 0.462 e. The number of aliphatic hydroxyl groups excluding tert-OH is 3. The van der Waals surface area contributed by atoms with E-state index in [2.05, 4.69) is 50.3 Å². The van der Waals surface area contributed by atoms with Crippen molar-refractivity contribution in [3.05, 3.63) is 60.8 Å². The molecule has 0 saturated heterocycles. The van der Waals surface area contributed by atoms with Gasteiger partial charge in [0.15, 0.2) is 6.10 Å². The Labute approximate surface area is 324 Å². The zero-order chi connectivity index (χ0) is 39.9. The molecule has 0 aromatic heterocycles. The van der Waals surface area contributed by atoms with Gasteiger partial charge in [0.05, 0.1) is 37.9 Å². The van der Waals surface area contributed by atoms with Gasteiger partial charge in [0.1, 0.15) is 6.61 Å². The molecule has 1 rings (SSSR count). The van der Waals surface area contributed by atoms with Crippen molar-refractivity contribution in [1.29, 1.82) is 0 Å². The molecule has 1 aliphatic carbocycles. The summed E-state index contributed by atoms with van der Waals surface area (Å²) in [6, 6.07) is 0. The number of carbonyl (C=O) groups is 2. The van der Waals surface area contributed by atoms with Gasteiger partial charge in [0, 0.05) is 25.3 Å². The van der Waals surface area contributed by atoms with Crippen molar-refractivity contribution in [3.8, 4) is 0 Å². The van der Waals surface area contributed by atoms with Crippen molar-refractivity contribution in [3.63, 3.8) is 0 Å². The lowest BCUT2D eigenvalue weighted by Gasteiger charge is -2.20. The molecule has 1 unspecified atom stereocenters. The summed E-state index contributed by atoms with van der Waals surface area (Å²) in [5, 5.41) is 31.3. The molecule has 0 radical (unpaired) electrons. The second-order valence-electron chi connectivity index (χ2n) is 13.8. The van der Waals surface area contributed by atoms with Crippen LogP contribution in [-0.4, -0.2) is 82.9 Å². The van der Waals surface area contributed by atoms with Crippen LogP contribution in [0.4, 0.5) is 0 Å². The first kappa shape index (κ1) is 49.6. The Bertz CT molecular complexity index is 1190. The van der Waals surface area contributed by atoms with E-state index in [-0.39, 0.29) is 50.9 Å². The summed E-state index contributed by atoms with van der Waals surface area (Å²) < 4.78 is 32.6. The van der Waals surface area contributed by atoms with Crippen molar-refractivity contribution in [2.24, 2.45) is 17.6 Å². The second-order valence-corrected chi connectivity index (χ2v) is 15.2. The Kier molecular flexibility index (Phi) is 29.2. The number of esters is 2. The number of phosphoric ester groups is 1. The summed E-state index contributed by atoms with van der Waals surface area (Å²) >= 11 is 0. The van der Waals surface area contributed by atoms with Gasteiger partial charge < -0.3 is 35.4 Å². The van der Waals surface area contributed by atoms with Gasteiger partial charge in [-0.05, 0) is 63.7 Å². The SMILES string of the molecule is CCCCC/C=C\C/C=C\C/C=C\CCCCC(=O)OC[C@H](COP(=O)(O)OCCN)OC(=O)C/C=C\C[C@H]1[C@@H](/C=C/[C@H](O)CCCCC)[C@H](O)C[C@@H]1O. The van der Waals surface area contributed by atoms with E-state index in [0.29, 0.717) is 19.3 Å². The molecule has 0 aromatic carbocycles. The largest absolute Gasteiger partial charge is 0.472 e. The van der Waals surface area contributed by atoms with Gasteiger partial charge in [0.2, 0.25) is 0 Å². The molecular formula is C41H70NO11P. The molecule has 13 heteroatoms. The van der Waals surface area contributed by atoms with E-state index in [4.69, 9.17) is 24.3 Å². The summed E-state index contributed by atoms with van der Waals surface area (Å²) in [6.45, 7) is 3.14. The van der Waals surface area contributed by atoms with Crippen molar-refractivity contribution < 1.29 is 52.9 Å². The van der Waals surface area contributed by atoms with E-state index < -0.39 is 50.8 Å². The molecule has 0 amide bonds. The molecule has 1 fully saturated rings. The average molecular weight is 784 g/mol. The molecule has 7 atom stereocenters. The predicted octanol–water partition coefficient (Wildman–Crippen LogP) is 7.31. The van der Waals surface area contributed by atoms with Crippen LogP contribution < -0.4 is 5.73 Å². The van der Waals surface area contributed by atoms with Crippen LogP contribution in [0.2, 0.25) is 0 Å². The maximum atomic E-state index is 12.7. The van der Waals surface area contributed by atoms with Gasteiger partial charge >= 0.3 is 19.8 Å². The second kappa shape index (κ2) is 31.8. The molecule has 0 bridgehead atoms. The minimum absolute atomic E-state index is 0.00484. The fourth-order valence-electron chi connectivity index (χ4n) is 5.91. The molecular weight excluding hydrogens is 713 g/mol. The minimum Gasteiger partial charge on any atom is -0.462 e. The van der Waals surface area contributed by atoms with Crippen molar-refractivity contribution in [1.82, 2.24) is 0 Å². The topological polar surface area (TPSA) is 195 Å². The molecule has 12 nitrogen and oxygen atoms in total. The van der Waals surface area contributed by atoms with E-state index in [9.17, 15) is 34.4 Å².